The zero-order valence-corrected chi connectivity index (χ0v) is 43.7. The molecule has 0 saturated carbocycles. The molecule has 0 spiro atoms. The van der Waals surface area contributed by atoms with Crippen LogP contribution in [0.1, 0.15) is 39.5 Å². The van der Waals surface area contributed by atoms with E-state index in [2.05, 4.69) is 63.9 Å². The number of carbonyl (C=O) groups is 1. The van der Waals surface area contributed by atoms with Gasteiger partial charge in [-0.15, -0.1) is 0 Å². The van der Waals surface area contributed by atoms with Crippen molar-refractivity contribution in [3.05, 3.63) is 223 Å². The van der Waals surface area contributed by atoms with Gasteiger partial charge < -0.3 is 5.32 Å². The third-order valence-electron chi connectivity index (χ3n) is 8.76. The van der Waals surface area contributed by atoms with Crippen LogP contribution >= 0.6 is 15.6 Å². The smallest absolute Gasteiger partial charge is 0.322 e. The van der Waals surface area contributed by atoms with Gasteiger partial charge in [-0.2, -0.15) is 5.26 Å². The molecule has 9 aromatic rings. The number of benzene rings is 1. The third-order valence-corrected chi connectivity index (χ3v) is 8.76. The summed E-state index contributed by atoms with van der Waals surface area (Å²) < 4.78 is 118. The Kier molecular flexibility index (Phi) is 20.3. The van der Waals surface area contributed by atoms with E-state index in [1.54, 1.807) is 67.8 Å². The molecule has 0 aliphatic heterocycles. The van der Waals surface area contributed by atoms with Crippen LogP contribution in [-0.4, -0.2) is 45.8 Å². The van der Waals surface area contributed by atoms with Gasteiger partial charge in [-0.25, -0.2) is 9.97 Å². The average molecular weight is 1220 g/mol. The molecule has 0 aliphatic carbocycles. The van der Waals surface area contributed by atoms with E-state index in [0.29, 0.717) is 45.2 Å². The predicted molar refractivity (Wildman–Crippen MR) is 275 cm³/mol. The molecule has 1 amide bonds. The van der Waals surface area contributed by atoms with Gasteiger partial charge in [0.1, 0.15) is 0 Å². The van der Waals surface area contributed by atoms with Gasteiger partial charge in [-0.1, -0.05) is 54.0 Å². The minimum Gasteiger partial charge on any atom is -0.322 e. The Labute approximate surface area is 455 Å². The largest absolute Gasteiger partial charge is 2.00 e. The van der Waals surface area contributed by atoms with Crippen molar-refractivity contribution in [3.8, 4) is 75.3 Å². The minimum absolute atomic E-state index is 0. The summed E-state index contributed by atoms with van der Waals surface area (Å²) in [6.07, 6.45) is 13.7. The summed E-state index contributed by atoms with van der Waals surface area (Å²) in [7, 11) is -21.3. The minimum atomic E-state index is -10.7. The maximum absolute atomic E-state index is 13.7. The summed E-state index contributed by atoms with van der Waals surface area (Å²) in [5.74, 6) is 12.3. The summed E-state index contributed by atoms with van der Waals surface area (Å²) in [4.78, 5) is 48.7. The van der Waals surface area contributed by atoms with Crippen molar-refractivity contribution in [2.24, 2.45) is 0 Å². The number of nitrogens with one attached hydrogen (secondary N) is 1. The van der Waals surface area contributed by atoms with Crippen molar-refractivity contribution < 1.29 is 74.6 Å². The quantitative estimate of drug-likeness (QED) is 0.0736. The van der Waals surface area contributed by atoms with Crippen LogP contribution in [-0.2, 0) is 19.5 Å². The van der Waals surface area contributed by atoms with Crippen LogP contribution in [0.3, 0.4) is 0 Å². The first kappa shape index (κ1) is 62.7. The monoisotopic (exact) mass is 1220 g/mol. The first-order valence-corrected chi connectivity index (χ1v) is 25.9. The molecule has 0 radical (unpaired) electrons. The van der Waals surface area contributed by atoms with Crippen molar-refractivity contribution in [1.82, 2.24) is 39.9 Å². The molecule has 8 heterocycles. The number of amides is 1. The average Bonchev–Trinajstić information content (AvgIpc) is 3.40. The van der Waals surface area contributed by atoms with E-state index in [-0.39, 0.29) is 25.4 Å². The van der Waals surface area contributed by atoms with Crippen molar-refractivity contribution in [2.45, 2.75) is 6.92 Å². The van der Waals surface area contributed by atoms with Crippen LogP contribution in [0.25, 0.3) is 45.6 Å². The maximum Gasteiger partial charge on any atom is 2.00 e. The number of halogens is 12. The molecule has 26 heteroatoms. The van der Waals surface area contributed by atoms with Gasteiger partial charge in [0.25, 0.3) is 5.91 Å². The van der Waals surface area contributed by atoms with E-state index < -0.39 is 15.6 Å². The van der Waals surface area contributed by atoms with Gasteiger partial charge >= 0.3 is 85.5 Å². The number of anilines is 1. The molecular weight excluding hydrogens is 1180 g/mol. The maximum atomic E-state index is 13.7. The van der Waals surface area contributed by atoms with E-state index >= 15 is 0 Å². The summed E-state index contributed by atoms with van der Waals surface area (Å²) >= 11 is 0. The normalized spacial score (nSPS) is 12.0. The predicted octanol–water partition coefficient (Wildman–Crippen LogP) is 16.5. The molecule has 0 saturated heterocycles. The van der Waals surface area contributed by atoms with Crippen LogP contribution in [0.15, 0.2) is 195 Å². The van der Waals surface area contributed by atoms with Crippen molar-refractivity contribution in [2.75, 3.05) is 5.32 Å². The molecule has 79 heavy (non-hydrogen) atoms. The fourth-order valence-corrected chi connectivity index (χ4v) is 5.91. The molecular formula is C53H36F12N10OP2Ru. The molecule has 1 N–H and O–H groups in total. The Morgan fingerprint density at radius 1 is 0.418 bits per heavy atom. The van der Waals surface area contributed by atoms with Gasteiger partial charge in [-0.3, -0.25) is 34.7 Å². The fourth-order valence-electron chi connectivity index (χ4n) is 5.91. The van der Waals surface area contributed by atoms with Crippen LogP contribution in [0.2, 0.25) is 0 Å². The SMILES string of the molecule is CC#N.F[P-](F)(F)(F)(F)F.F[P-](F)(F)(F)(F)F.O=C(Nc1cc(C#Cc2cccnc2)cc(C#Cc2cccnc2)c1)c1cc(-c2ccccn2)nc(-c2ccccn2)c1.[Ru+2].c1ccc(-c2cccc(-c3ccccn3)n2)nc1. The number of nitrogens with zero attached hydrogens (tertiary/aromatic N) is 9. The molecule has 1 aromatic carbocycles. The van der Waals surface area contributed by atoms with Crippen molar-refractivity contribution in [3.63, 3.8) is 0 Å². The van der Waals surface area contributed by atoms with Crippen LogP contribution in [0.5, 0.6) is 0 Å². The fraction of sp³-hybridized carbons (Fsp3) is 0.0189. The number of rotatable bonds is 6. The van der Waals surface area contributed by atoms with Crippen LogP contribution in [0, 0.1) is 35.0 Å². The second-order valence-electron chi connectivity index (χ2n) is 15.3. The van der Waals surface area contributed by atoms with E-state index in [0.717, 1.165) is 33.9 Å². The summed E-state index contributed by atoms with van der Waals surface area (Å²) in [5.41, 5.74) is 9.78. The molecule has 11 nitrogen and oxygen atoms in total. The van der Waals surface area contributed by atoms with E-state index in [1.807, 2.05) is 133 Å². The molecule has 0 atom stereocenters. The topological polar surface area (TPSA) is 156 Å². The van der Waals surface area contributed by atoms with Gasteiger partial charge in [-0.05, 0) is 115 Å². The number of carbonyl (C=O) groups excluding carboxylic acids is 1. The molecule has 406 valence electrons. The zero-order chi connectivity index (χ0) is 57.0. The van der Waals surface area contributed by atoms with E-state index in [9.17, 15) is 55.2 Å². The standard InChI is InChI=1S/C36H22N6O.C15H11N3.C2H3N.2F6P.Ru/c43-36(30-22-34(32-9-1-3-17-39-32)42-35(23-30)33-10-2-4-18-40-33)41-31-20-28(13-11-26-7-5-15-37-24-26)19-29(21-31)14-12-27-8-6-16-38-25-27;1-3-10-16-12(6-1)14-8-5-9-15(18-14)13-7-2-4-11-17-13;1-2-3;2*1-7(2,3,4,5)6;/h1-10,15-25H,(H,41,43);1-11H;1H3;;;/q;;;2*-1;+2. The molecule has 0 unspecified atom stereocenters. The van der Waals surface area contributed by atoms with Crippen LogP contribution < -0.4 is 5.32 Å². The number of hydrogen-bond acceptors (Lipinski definition) is 10. The Hall–Kier alpha value is -8.86. The molecule has 0 aliphatic rings. The number of nitriles is 1. The van der Waals surface area contributed by atoms with Crippen LogP contribution in [0.4, 0.5) is 56.1 Å². The summed E-state index contributed by atoms with van der Waals surface area (Å²) in [6, 6.07) is 46.7. The Bertz CT molecular complexity index is 3400. The van der Waals surface area contributed by atoms with Gasteiger partial charge in [0.2, 0.25) is 0 Å². The van der Waals surface area contributed by atoms with Gasteiger partial charge in [0, 0.05) is 90.0 Å². The first-order valence-electron chi connectivity index (χ1n) is 21.8. The van der Waals surface area contributed by atoms with Gasteiger partial charge in [0.15, 0.2) is 0 Å². The molecule has 9 rings (SSSR count). The Morgan fingerprint density at radius 3 is 1.05 bits per heavy atom. The summed E-state index contributed by atoms with van der Waals surface area (Å²) in [6.45, 7) is 1.43. The van der Waals surface area contributed by atoms with Crippen molar-refractivity contribution >= 4 is 27.2 Å². The Morgan fingerprint density at radius 2 is 0.734 bits per heavy atom. The Balaban J connectivity index is 0.000000304. The number of pyridine rings is 8. The molecule has 0 fully saturated rings. The third kappa shape index (κ3) is 27.2. The van der Waals surface area contributed by atoms with E-state index in [4.69, 9.17) is 10.2 Å². The molecule has 8 aromatic heterocycles. The van der Waals surface area contributed by atoms with E-state index in [1.165, 1.54) is 6.92 Å². The van der Waals surface area contributed by atoms with Gasteiger partial charge in [0.05, 0.1) is 51.6 Å². The zero-order valence-electron chi connectivity index (χ0n) is 40.2. The number of hydrogen-bond donors (Lipinski definition) is 1. The number of aromatic nitrogens is 8. The van der Waals surface area contributed by atoms with Crippen molar-refractivity contribution in [1.29, 1.82) is 5.26 Å². The first-order chi connectivity index (χ1) is 36.4. The second kappa shape index (κ2) is 25.5. The second-order valence-corrected chi connectivity index (χ2v) is 19.1. The molecule has 0 bridgehead atoms. The summed E-state index contributed by atoms with van der Waals surface area (Å²) in [5, 5.41) is 10.3.